The van der Waals surface area contributed by atoms with Gasteiger partial charge in [0.2, 0.25) is 0 Å². The molecule has 1 saturated heterocycles. The lowest BCUT2D eigenvalue weighted by atomic mass is 9.95. The second-order valence-electron chi connectivity index (χ2n) is 8.84. The Hall–Kier alpha value is -4.78. The van der Waals surface area contributed by atoms with Crippen LogP contribution in [0, 0.1) is 6.92 Å². The molecule has 1 aliphatic heterocycles. The van der Waals surface area contributed by atoms with Gasteiger partial charge in [0.15, 0.2) is 0 Å². The summed E-state index contributed by atoms with van der Waals surface area (Å²) in [5.41, 5.74) is 3.12. The highest BCUT2D eigenvalue weighted by Gasteiger charge is 2.46. The van der Waals surface area contributed by atoms with Crippen LogP contribution in [-0.4, -0.2) is 26.8 Å². The Morgan fingerprint density at radius 3 is 2.35 bits per heavy atom. The summed E-state index contributed by atoms with van der Waals surface area (Å²) in [6.07, 6.45) is 1.49. The SMILES string of the molecule is Cc1ccccc1COc1ccc(/C(O)=C2\C(=O)C(=O)N(Cc3ccco3)[C@@H]2c2ccc(O)cc2)cc1. The molecule has 1 atom stereocenters. The minimum absolute atomic E-state index is 0.0316. The molecule has 0 spiro atoms. The number of carbonyl (C=O) groups excluding carboxylic acids is 2. The van der Waals surface area contributed by atoms with Crippen LogP contribution in [0.25, 0.3) is 5.76 Å². The fourth-order valence-corrected chi connectivity index (χ4v) is 4.41. The first-order valence-electron chi connectivity index (χ1n) is 11.8. The van der Waals surface area contributed by atoms with E-state index >= 15 is 0 Å². The van der Waals surface area contributed by atoms with E-state index < -0.39 is 17.7 Å². The summed E-state index contributed by atoms with van der Waals surface area (Å²) in [6, 6.07) is 23.4. The average Bonchev–Trinajstić information content (AvgIpc) is 3.51. The van der Waals surface area contributed by atoms with Gasteiger partial charge in [0.1, 0.15) is 29.6 Å². The first-order valence-corrected chi connectivity index (χ1v) is 11.8. The molecule has 2 N–H and O–H groups in total. The molecule has 1 aliphatic rings. The monoisotopic (exact) mass is 495 g/mol. The van der Waals surface area contributed by atoms with Crippen LogP contribution < -0.4 is 4.74 Å². The highest BCUT2D eigenvalue weighted by atomic mass is 16.5. The third kappa shape index (κ3) is 4.84. The molecule has 7 nitrogen and oxygen atoms in total. The zero-order valence-electron chi connectivity index (χ0n) is 20.1. The number of furan rings is 1. The van der Waals surface area contributed by atoms with E-state index in [1.54, 1.807) is 48.5 Å². The molecule has 0 aliphatic carbocycles. The molecule has 7 heteroatoms. The van der Waals surface area contributed by atoms with Crippen molar-refractivity contribution in [3.05, 3.63) is 125 Å². The molecule has 0 saturated carbocycles. The lowest BCUT2D eigenvalue weighted by Crippen LogP contribution is -2.29. The van der Waals surface area contributed by atoms with Gasteiger partial charge in [-0.15, -0.1) is 0 Å². The van der Waals surface area contributed by atoms with E-state index in [0.717, 1.165) is 11.1 Å². The number of benzene rings is 3. The van der Waals surface area contributed by atoms with Crippen LogP contribution in [0.5, 0.6) is 11.5 Å². The number of likely N-dealkylation sites (tertiary alicyclic amines) is 1. The number of ketones is 1. The highest BCUT2D eigenvalue weighted by molar-refractivity contribution is 6.46. The molecule has 0 unspecified atom stereocenters. The van der Waals surface area contributed by atoms with Crippen LogP contribution in [0.1, 0.15) is 34.1 Å². The van der Waals surface area contributed by atoms with Crippen LogP contribution in [-0.2, 0) is 22.7 Å². The van der Waals surface area contributed by atoms with Crippen LogP contribution in [0.15, 0.2) is 101 Å². The fraction of sp³-hybridized carbons (Fsp3) is 0.133. The molecule has 5 rings (SSSR count). The summed E-state index contributed by atoms with van der Waals surface area (Å²) in [4.78, 5) is 27.6. The number of aromatic hydroxyl groups is 1. The van der Waals surface area contributed by atoms with Gasteiger partial charge in [-0.1, -0.05) is 36.4 Å². The fourth-order valence-electron chi connectivity index (χ4n) is 4.41. The smallest absolute Gasteiger partial charge is 0.296 e. The Balaban J connectivity index is 1.47. The number of hydrogen-bond acceptors (Lipinski definition) is 6. The van der Waals surface area contributed by atoms with Gasteiger partial charge < -0.3 is 24.3 Å². The predicted molar refractivity (Wildman–Crippen MR) is 137 cm³/mol. The third-order valence-corrected chi connectivity index (χ3v) is 6.44. The van der Waals surface area contributed by atoms with Crippen molar-refractivity contribution < 1.29 is 29.0 Å². The maximum Gasteiger partial charge on any atom is 0.296 e. The Bertz CT molecular complexity index is 1450. The molecule has 1 amide bonds. The first-order chi connectivity index (χ1) is 17.9. The second kappa shape index (κ2) is 10.1. The number of aryl methyl sites for hydroxylation is 1. The van der Waals surface area contributed by atoms with Gasteiger partial charge in [-0.3, -0.25) is 9.59 Å². The number of amides is 1. The molecule has 1 aromatic heterocycles. The van der Waals surface area contributed by atoms with Crippen LogP contribution in [0.4, 0.5) is 0 Å². The Morgan fingerprint density at radius 1 is 0.946 bits per heavy atom. The molecule has 186 valence electrons. The number of phenols is 1. The van der Waals surface area contributed by atoms with Crippen molar-refractivity contribution in [2.24, 2.45) is 0 Å². The van der Waals surface area contributed by atoms with Crippen molar-refractivity contribution >= 4 is 17.4 Å². The van der Waals surface area contributed by atoms with E-state index in [-0.39, 0.29) is 23.6 Å². The number of Topliss-reactive ketones (excluding diaryl/α,β-unsaturated/α-hetero) is 1. The summed E-state index contributed by atoms with van der Waals surface area (Å²) in [5, 5.41) is 21.0. The molecular weight excluding hydrogens is 470 g/mol. The largest absolute Gasteiger partial charge is 0.508 e. The molecule has 1 fully saturated rings. The van der Waals surface area contributed by atoms with Crippen LogP contribution in [0.3, 0.4) is 0 Å². The summed E-state index contributed by atoms with van der Waals surface area (Å²) in [7, 11) is 0. The van der Waals surface area contributed by atoms with Crippen LogP contribution in [0.2, 0.25) is 0 Å². The number of aliphatic hydroxyl groups is 1. The lowest BCUT2D eigenvalue weighted by molar-refractivity contribution is -0.140. The quantitative estimate of drug-likeness (QED) is 0.200. The topological polar surface area (TPSA) is 100 Å². The number of ether oxygens (including phenoxy) is 1. The van der Waals surface area contributed by atoms with Gasteiger partial charge in [0, 0.05) is 5.56 Å². The van der Waals surface area contributed by atoms with Crippen molar-refractivity contribution in [1.29, 1.82) is 0 Å². The Kier molecular flexibility index (Phi) is 6.51. The van der Waals surface area contributed by atoms with Crippen molar-refractivity contribution in [1.82, 2.24) is 4.90 Å². The van der Waals surface area contributed by atoms with Gasteiger partial charge in [-0.2, -0.15) is 0 Å². The minimum atomic E-state index is -0.859. The van der Waals surface area contributed by atoms with E-state index in [2.05, 4.69) is 0 Å². The summed E-state index contributed by atoms with van der Waals surface area (Å²) >= 11 is 0. The van der Waals surface area contributed by atoms with Gasteiger partial charge in [-0.25, -0.2) is 0 Å². The molecule has 3 aromatic carbocycles. The number of carbonyl (C=O) groups is 2. The molecule has 37 heavy (non-hydrogen) atoms. The standard InChI is InChI=1S/C30H25NO6/c1-19-5-2-3-6-22(19)18-37-24-14-10-21(11-15-24)28(33)26-27(20-8-12-23(32)13-9-20)31(30(35)29(26)34)17-25-7-4-16-36-25/h2-16,27,32-33H,17-18H2,1H3/b28-26+/t27-/m1/s1. The normalized spacial score (nSPS) is 16.8. The first kappa shape index (κ1) is 23.9. The summed E-state index contributed by atoms with van der Waals surface area (Å²) in [6.45, 7) is 2.47. The van der Waals surface area contributed by atoms with E-state index in [4.69, 9.17) is 9.15 Å². The predicted octanol–water partition coefficient (Wildman–Crippen LogP) is 5.49. The van der Waals surface area contributed by atoms with E-state index in [1.165, 1.54) is 23.3 Å². The second-order valence-corrected chi connectivity index (χ2v) is 8.84. The molecule has 2 heterocycles. The summed E-state index contributed by atoms with van der Waals surface area (Å²) < 4.78 is 11.3. The van der Waals surface area contributed by atoms with Gasteiger partial charge in [0.25, 0.3) is 11.7 Å². The van der Waals surface area contributed by atoms with Crippen LogP contribution >= 0.6 is 0 Å². The number of aliphatic hydroxyl groups excluding tert-OH is 1. The average molecular weight is 496 g/mol. The zero-order valence-corrected chi connectivity index (χ0v) is 20.1. The van der Waals surface area contributed by atoms with Gasteiger partial charge in [0.05, 0.1) is 24.4 Å². The van der Waals surface area contributed by atoms with E-state index in [0.29, 0.717) is 29.2 Å². The highest BCUT2D eigenvalue weighted by Crippen LogP contribution is 2.40. The maximum atomic E-state index is 13.2. The number of phenolic OH excluding ortho intramolecular Hbond substituents is 1. The van der Waals surface area contributed by atoms with Crippen molar-refractivity contribution in [3.8, 4) is 11.5 Å². The van der Waals surface area contributed by atoms with Gasteiger partial charge in [-0.05, 0) is 72.1 Å². The Labute approximate surface area is 213 Å². The van der Waals surface area contributed by atoms with Crippen molar-refractivity contribution in [2.75, 3.05) is 0 Å². The van der Waals surface area contributed by atoms with Gasteiger partial charge >= 0.3 is 0 Å². The van der Waals surface area contributed by atoms with E-state index in [9.17, 15) is 19.8 Å². The Morgan fingerprint density at radius 2 is 1.68 bits per heavy atom. The molecular formula is C30H25NO6. The molecule has 0 bridgehead atoms. The third-order valence-electron chi connectivity index (χ3n) is 6.44. The van der Waals surface area contributed by atoms with Crippen molar-refractivity contribution in [2.45, 2.75) is 26.1 Å². The number of hydrogen-bond donors (Lipinski definition) is 2. The lowest BCUT2D eigenvalue weighted by Gasteiger charge is -2.24. The molecule has 4 aromatic rings. The van der Waals surface area contributed by atoms with Crippen molar-refractivity contribution in [3.63, 3.8) is 0 Å². The maximum absolute atomic E-state index is 13.2. The summed E-state index contributed by atoms with van der Waals surface area (Å²) in [5.74, 6) is -0.665. The molecule has 0 radical (unpaired) electrons. The number of nitrogens with zero attached hydrogens (tertiary/aromatic N) is 1. The minimum Gasteiger partial charge on any atom is -0.508 e. The number of rotatable bonds is 7. The zero-order chi connectivity index (χ0) is 25.9. The van der Waals surface area contributed by atoms with E-state index in [1.807, 2.05) is 31.2 Å².